The SMILES string of the molecule is B[C@H]1S[C@H](COC(=O)c2ccc3ccccc3c2)C[C@@H]1F. The van der Waals surface area contributed by atoms with Crippen LogP contribution in [0.2, 0.25) is 0 Å². The number of esters is 1. The van der Waals surface area contributed by atoms with E-state index in [0.717, 1.165) is 10.8 Å². The van der Waals surface area contributed by atoms with Gasteiger partial charge in [0.2, 0.25) is 0 Å². The number of alkyl halides is 1. The van der Waals surface area contributed by atoms with Crippen LogP contribution in [0.4, 0.5) is 4.39 Å². The Hall–Kier alpha value is -1.49. The van der Waals surface area contributed by atoms with Crippen LogP contribution in [0, 0.1) is 0 Å². The summed E-state index contributed by atoms with van der Waals surface area (Å²) in [7, 11) is 1.88. The normalized spacial score (nSPS) is 25.1. The zero-order chi connectivity index (χ0) is 14.8. The van der Waals surface area contributed by atoms with Crippen molar-refractivity contribution in [2.24, 2.45) is 0 Å². The van der Waals surface area contributed by atoms with E-state index in [2.05, 4.69) is 0 Å². The lowest BCUT2D eigenvalue weighted by Crippen LogP contribution is -2.15. The molecule has 3 rings (SSSR count). The first kappa shape index (κ1) is 14.5. The van der Waals surface area contributed by atoms with Gasteiger partial charge in [-0.3, -0.25) is 0 Å². The lowest BCUT2D eigenvalue weighted by Gasteiger charge is -2.10. The van der Waals surface area contributed by atoms with E-state index in [4.69, 9.17) is 4.74 Å². The molecule has 0 radical (unpaired) electrons. The third kappa shape index (κ3) is 3.23. The van der Waals surface area contributed by atoms with E-state index in [0.29, 0.717) is 12.0 Å². The fourth-order valence-electron chi connectivity index (χ4n) is 2.56. The van der Waals surface area contributed by atoms with Crippen LogP contribution in [-0.2, 0) is 4.74 Å². The average molecular weight is 302 g/mol. The first-order chi connectivity index (χ1) is 10.1. The summed E-state index contributed by atoms with van der Waals surface area (Å²) in [6.45, 7) is 0.279. The number of hydrogen-bond donors (Lipinski definition) is 0. The van der Waals surface area contributed by atoms with Crippen molar-refractivity contribution >= 4 is 36.3 Å². The van der Waals surface area contributed by atoms with E-state index in [1.807, 2.05) is 44.2 Å². The summed E-state index contributed by atoms with van der Waals surface area (Å²) in [6, 6.07) is 13.4. The maximum atomic E-state index is 13.4. The van der Waals surface area contributed by atoms with Gasteiger partial charge in [0, 0.05) is 10.4 Å². The number of thioether (sulfide) groups is 1. The van der Waals surface area contributed by atoms with Gasteiger partial charge in [-0.2, -0.15) is 11.8 Å². The molecule has 1 aliphatic rings. The maximum absolute atomic E-state index is 13.4. The molecule has 0 aliphatic carbocycles. The van der Waals surface area contributed by atoms with Gasteiger partial charge >= 0.3 is 5.97 Å². The van der Waals surface area contributed by atoms with Crippen molar-refractivity contribution < 1.29 is 13.9 Å². The Balaban J connectivity index is 1.64. The Morgan fingerprint density at radius 2 is 2.05 bits per heavy atom. The minimum absolute atomic E-state index is 0.00521. The van der Waals surface area contributed by atoms with Crippen molar-refractivity contribution in [3.05, 3.63) is 48.0 Å². The second-order valence-electron chi connectivity index (χ2n) is 5.38. The average Bonchev–Trinajstić information content (AvgIpc) is 2.83. The molecule has 0 aromatic heterocycles. The Bertz CT molecular complexity index is 654. The van der Waals surface area contributed by atoms with Crippen LogP contribution in [0.25, 0.3) is 10.8 Å². The molecule has 0 unspecified atom stereocenters. The summed E-state index contributed by atoms with van der Waals surface area (Å²) in [5.41, 5.74) is 0.543. The minimum Gasteiger partial charge on any atom is -0.461 e. The van der Waals surface area contributed by atoms with Gasteiger partial charge in [-0.25, -0.2) is 9.18 Å². The van der Waals surface area contributed by atoms with Crippen molar-refractivity contribution in [2.75, 3.05) is 6.61 Å². The zero-order valence-corrected chi connectivity index (χ0v) is 12.6. The molecular formula is C16H16BFO2S. The van der Waals surface area contributed by atoms with Gasteiger partial charge in [0.25, 0.3) is 0 Å². The third-order valence-corrected chi connectivity index (χ3v) is 5.23. The number of hydrogen-bond acceptors (Lipinski definition) is 3. The summed E-state index contributed by atoms with van der Waals surface area (Å²) in [4.78, 5) is 12.1. The molecular weight excluding hydrogens is 286 g/mol. The first-order valence-corrected chi connectivity index (χ1v) is 8.03. The van der Waals surface area contributed by atoms with Crippen molar-refractivity contribution in [3.8, 4) is 0 Å². The molecule has 0 N–H and O–H groups in total. The van der Waals surface area contributed by atoms with Crippen molar-refractivity contribution in [1.82, 2.24) is 0 Å². The molecule has 1 aliphatic heterocycles. The van der Waals surface area contributed by atoms with Gasteiger partial charge in [0.1, 0.15) is 20.6 Å². The fraction of sp³-hybridized carbons (Fsp3) is 0.312. The molecule has 1 heterocycles. The van der Waals surface area contributed by atoms with E-state index >= 15 is 0 Å². The number of ether oxygens (including phenoxy) is 1. The van der Waals surface area contributed by atoms with Crippen LogP contribution in [0.15, 0.2) is 42.5 Å². The van der Waals surface area contributed by atoms with Crippen LogP contribution < -0.4 is 0 Å². The number of benzene rings is 2. The van der Waals surface area contributed by atoms with E-state index in [-0.39, 0.29) is 23.0 Å². The molecule has 3 atom stereocenters. The summed E-state index contributed by atoms with van der Waals surface area (Å²) in [5.74, 6) is -0.337. The molecule has 0 amide bonds. The second kappa shape index (κ2) is 6.10. The Morgan fingerprint density at radius 1 is 1.29 bits per heavy atom. The van der Waals surface area contributed by atoms with E-state index in [1.165, 1.54) is 0 Å². The number of fused-ring (bicyclic) bond motifs is 1. The quantitative estimate of drug-likeness (QED) is 0.644. The largest absolute Gasteiger partial charge is 0.461 e. The molecule has 21 heavy (non-hydrogen) atoms. The molecule has 1 fully saturated rings. The third-order valence-electron chi connectivity index (χ3n) is 3.79. The molecule has 0 bridgehead atoms. The van der Waals surface area contributed by atoms with Crippen LogP contribution in [0.1, 0.15) is 16.8 Å². The van der Waals surface area contributed by atoms with Gasteiger partial charge in [0.05, 0.1) is 5.56 Å². The number of rotatable bonds is 3. The van der Waals surface area contributed by atoms with Gasteiger partial charge < -0.3 is 4.74 Å². The smallest absolute Gasteiger partial charge is 0.338 e. The molecule has 5 heteroatoms. The molecule has 0 saturated carbocycles. The zero-order valence-electron chi connectivity index (χ0n) is 11.8. The van der Waals surface area contributed by atoms with E-state index in [1.54, 1.807) is 17.8 Å². The fourth-order valence-corrected chi connectivity index (χ4v) is 3.89. The summed E-state index contributed by atoms with van der Waals surface area (Å²) >= 11 is 1.56. The number of carbonyl (C=O) groups is 1. The van der Waals surface area contributed by atoms with Crippen LogP contribution >= 0.6 is 11.8 Å². The van der Waals surface area contributed by atoms with Gasteiger partial charge in [-0.15, -0.1) is 0 Å². The standard InChI is InChI=1S/C16H16BFO2S/c17-15-14(18)8-13(21-15)9-20-16(19)12-6-5-10-3-1-2-4-11(10)7-12/h1-7,13-15H,8-9,17H2/t13-,14-,15-/m0/s1. The highest BCUT2D eigenvalue weighted by atomic mass is 32.2. The minimum atomic E-state index is -0.792. The predicted molar refractivity (Wildman–Crippen MR) is 87.5 cm³/mol. The lowest BCUT2D eigenvalue weighted by atomic mass is 9.97. The highest BCUT2D eigenvalue weighted by Gasteiger charge is 2.32. The second-order valence-corrected chi connectivity index (χ2v) is 7.06. The molecule has 2 nitrogen and oxygen atoms in total. The molecule has 2 aromatic carbocycles. The van der Waals surface area contributed by atoms with Crippen LogP contribution in [0.5, 0.6) is 0 Å². The van der Waals surface area contributed by atoms with Gasteiger partial charge in [-0.1, -0.05) is 30.3 Å². The summed E-state index contributed by atoms with van der Waals surface area (Å²) < 4.78 is 18.8. The van der Waals surface area contributed by atoms with Gasteiger partial charge in [0.15, 0.2) is 0 Å². The van der Waals surface area contributed by atoms with E-state index < -0.39 is 6.17 Å². The van der Waals surface area contributed by atoms with Crippen LogP contribution in [-0.4, -0.2) is 37.0 Å². The number of halogens is 1. The van der Waals surface area contributed by atoms with Crippen molar-refractivity contribution in [1.29, 1.82) is 0 Å². The lowest BCUT2D eigenvalue weighted by molar-refractivity contribution is 0.0501. The molecule has 2 aromatic rings. The highest BCUT2D eigenvalue weighted by Crippen LogP contribution is 2.34. The monoisotopic (exact) mass is 302 g/mol. The van der Waals surface area contributed by atoms with E-state index in [9.17, 15) is 9.18 Å². The maximum Gasteiger partial charge on any atom is 0.338 e. The predicted octanol–water partition coefficient (Wildman–Crippen LogP) is 2.80. The van der Waals surface area contributed by atoms with Crippen molar-refractivity contribution in [3.63, 3.8) is 0 Å². The molecule has 0 spiro atoms. The summed E-state index contributed by atoms with van der Waals surface area (Å²) in [6.07, 6.45) is -0.323. The topological polar surface area (TPSA) is 26.3 Å². The van der Waals surface area contributed by atoms with Crippen molar-refractivity contribution in [2.45, 2.75) is 23.0 Å². The van der Waals surface area contributed by atoms with Crippen LogP contribution in [0.3, 0.4) is 0 Å². The molecule has 1 saturated heterocycles. The first-order valence-electron chi connectivity index (χ1n) is 7.09. The Morgan fingerprint density at radius 3 is 2.76 bits per heavy atom. The highest BCUT2D eigenvalue weighted by molar-refractivity contribution is 8.01. The molecule has 108 valence electrons. The Kier molecular flexibility index (Phi) is 4.20. The summed E-state index contributed by atoms with van der Waals surface area (Å²) in [5, 5.41) is 2.17. The number of carbonyl (C=O) groups excluding carboxylic acids is 1. The Labute approximate surface area is 128 Å². The van der Waals surface area contributed by atoms with Gasteiger partial charge in [-0.05, 0) is 29.3 Å².